The van der Waals surface area contributed by atoms with E-state index in [9.17, 15) is 4.79 Å². The van der Waals surface area contributed by atoms with Gasteiger partial charge in [-0.05, 0) is 91.9 Å². The smallest absolute Gasteiger partial charge is 0.414 e. The first kappa shape index (κ1) is 28.8. The Balaban J connectivity index is 1.29. The molecule has 4 aromatic rings. The van der Waals surface area contributed by atoms with Crippen LogP contribution in [0.4, 0.5) is 10.5 Å². The molecular formula is C36H37NO5. The number of ether oxygens (including phenoxy) is 4. The van der Waals surface area contributed by atoms with Gasteiger partial charge in [0.1, 0.15) is 29.5 Å². The summed E-state index contributed by atoms with van der Waals surface area (Å²) in [6.07, 6.45) is 5.48. The van der Waals surface area contributed by atoms with Gasteiger partial charge >= 0.3 is 6.09 Å². The Bertz CT molecular complexity index is 1500. The number of benzene rings is 4. The van der Waals surface area contributed by atoms with Gasteiger partial charge < -0.3 is 18.9 Å². The van der Waals surface area contributed by atoms with Gasteiger partial charge in [-0.1, -0.05) is 60.7 Å². The zero-order valence-corrected chi connectivity index (χ0v) is 24.4. The van der Waals surface area contributed by atoms with Crippen molar-refractivity contribution in [2.45, 2.75) is 45.4 Å². The van der Waals surface area contributed by atoms with Crippen LogP contribution < -0.4 is 19.1 Å². The van der Waals surface area contributed by atoms with E-state index in [0.717, 1.165) is 52.5 Å². The zero-order chi connectivity index (χ0) is 29.4. The van der Waals surface area contributed by atoms with E-state index in [1.807, 2.05) is 91.9 Å². The lowest BCUT2D eigenvalue weighted by molar-refractivity contribution is 0.128. The lowest BCUT2D eigenvalue weighted by Gasteiger charge is -2.32. The zero-order valence-electron chi connectivity index (χ0n) is 24.4. The van der Waals surface area contributed by atoms with Crippen LogP contribution >= 0.6 is 0 Å². The number of amides is 1. The van der Waals surface area contributed by atoms with Crippen LogP contribution in [0, 0.1) is 0 Å². The summed E-state index contributed by atoms with van der Waals surface area (Å²) in [5, 5.41) is 0. The van der Waals surface area contributed by atoms with Crippen LogP contribution in [0.15, 0.2) is 103 Å². The Kier molecular flexibility index (Phi) is 9.12. The van der Waals surface area contributed by atoms with Crippen molar-refractivity contribution in [1.82, 2.24) is 0 Å². The number of fused-ring (bicyclic) bond motifs is 1. The lowest BCUT2D eigenvalue weighted by atomic mass is 9.93. The minimum absolute atomic E-state index is 0.164. The van der Waals surface area contributed by atoms with E-state index < -0.39 is 11.7 Å². The second kappa shape index (κ2) is 13.3. The third-order valence-electron chi connectivity index (χ3n) is 7.33. The molecule has 1 heterocycles. The number of hydrogen-bond acceptors (Lipinski definition) is 5. The fourth-order valence-electron chi connectivity index (χ4n) is 4.90. The molecule has 0 N–H and O–H groups in total. The first-order chi connectivity index (χ1) is 20.4. The summed E-state index contributed by atoms with van der Waals surface area (Å²) in [5.74, 6) is 2.44. The first-order valence-electron chi connectivity index (χ1n) is 14.3. The number of anilines is 1. The van der Waals surface area contributed by atoms with Crippen molar-refractivity contribution in [1.29, 1.82) is 0 Å². The highest BCUT2D eigenvalue weighted by atomic mass is 16.6. The quantitative estimate of drug-likeness (QED) is 0.184. The third kappa shape index (κ3) is 7.32. The van der Waals surface area contributed by atoms with Crippen LogP contribution in [0.3, 0.4) is 0 Å². The number of methoxy groups -OCH3 is 1. The molecule has 42 heavy (non-hydrogen) atoms. The van der Waals surface area contributed by atoms with Gasteiger partial charge in [-0.15, -0.1) is 0 Å². The maximum atomic E-state index is 13.4. The molecule has 216 valence electrons. The Hall–Kier alpha value is -4.71. The van der Waals surface area contributed by atoms with Crippen LogP contribution in [-0.4, -0.2) is 25.4 Å². The molecule has 6 heteroatoms. The molecule has 0 spiro atoms. The third-order valence-corrected chi connectivity index (χ3v) is 7.33. The molecule has 4 aromatic carbocycles. The van der Waals surface area contributed by atoms with Gasteiger partial charge in [-0.2, -0.15) is 0 Å². The molecule has 0 saturated carbocycles. The second-order valence-electron chi connectivity index (χ2n) is 10.5. The summed E-state index contributed by atoms with van der Waals surface area (Å²) in [6.45, 7) is 5.20. The van der Waals surface area contributed by atoms with Gasteiger partial charge in [-0.25, -0.2) is 4.79 Å². The van der Waals surface area contributed by atoms with Gasteiger partial charge in [0, 0.05) is 11.3 Å². The molecule has 1 unspecified atom stereocenters. The monoisotopic (exact) mass is 563 g/mol. The van der Waals surface area contributed by atoms with E-state index >= 15 is 0 Å². The van der Waals surface area contributed by atoms with Crippen molar-refractivity contribution in [3.8, 4) is 17.2 Å². The molecule has 1 amide bonds. The van der Waals surface area contributed by atoms with Crippen molar-refractivity contribution in [3.63, 3.8) is 0 Å². The average molecular weight is 564 g/mol. The summed E-state index contributed by atoms with van der Waals surface area (Å²) in [5.41, 5.74) is 4.36. The maximum absolute atomic E-state index is 13.4. The topological polar surface area (TPSA) is 57.2 Å². The van der Waals surface area contributed by atoms with Crippen molar-refractivity contribution < 1.29 is 23.7 Å². The molecule has 0 saturated heterocycles. The van der Waals surface area contributed by atoms with Crippen LogP contribution in [0.25, 0.3) is 6.08 Å². The lowest BCUT2D eigenvalue weighted by Crippen LogP contribution is -2.33. The van der Waals surface area contributed by atoms with E-state index in [2.05, 4.69) is 31.2 Å². The minimum Gasteiger partial charge on any atom is -0.497 e. The number of carbonyl (C=O) groups is 1. The van der Waals surface area contributed by atoms with Crippen LogP contribution in [-0.2, 0) is 24.3 Å². The predicted molar refractivity (Wildman–Crippen MR) is 166 cm³/mol. The minimum atomic E-state index is -0.436. The van der Waals surface area contributed by atoms with Crippen molar-refractivity contribution in [2.75, 3.05) is 18.6 Å². The van der Waals surface area contributed by atoms with E-state index in [0.29, 0.717) is 13.2 Å². The highest BCUT2D eigenvalue weighted by Gasteiger charge is 2.28. The Morgan fingerprint density at radius 3 is 2.29 bits per heavy atom. The summed E-state index contributed by atoms with van der Waals surface area (Å²) in [7, 11) is 1.67. The van der Waals surface area contributed by atoms with Crippen LogP contribution in [0.5, 0.6) is 17.2 Å². The molecule has 0 fully saturated rings. The van der Waals surface area contributed by atoms with Crippen molar-refractivity contribution in [3.05, 3.63) is 125 Å². The SMILES string of the molecule is CCOc1ccc(COC(=O)N(Cc2ccccc2)c2ccc3c(c2)C=CC(C)(CCc2ccc(OC)cc2)O3)cc1. The molecule has 0 radical (unpaired) electrons. The molecule has 5 rings (SSSR count). The molecule has 1 aliphatic heterocycles. The Morgan fingerprint density at radius 2 is 1.57 bits per heavy atom. The number of hydrogen-bond donors (Lipinski definition) is 0. The number of aryl methyl sites for hydroxylation is 1. The second-order valence-corrected chi connectivity index (χ2v) is 10.5. The van der Waals surface area contributed by atoms with Crippen LogP contribution in [0.1, 0.15) is 42.5 Å². The van der Waals surface area contributed by atoms with E-state index in [1.165, 1.54) is 5.56 Å². The number of nitrogens with zero attached hydrogens (tertiary/aromatic N) is 1. The van der Waals surface area contributed by atoms with Gasteiger partial charge in [0.15, 0.2) is 0 Å². The summed E-state index contributed by atoms with van der Waals surface area (Å²) in [4.78, 5) is 15.1. The van der Waals surface area contributed by atoms with Gasteiger partial charge in [-0.3, -0.25) is 4.90 Å². The molecule has 0 bridgehead atoms. The first-order valence-corrected chi connectivity index (χ1v) is 14.3. The van der Waals surface area contributed by atoms with Crippen molar-refractivity contribution >= 4 is 17.9 Å². The summed E-state index contributed by atoms with van der Waals surface area (Å²) in [6, 6.07) is 31.5. The molecule has 6 nitrogen and oxygen atoms in total. The highest BCUT2D eigenvalue weighted by molar-refractivity contribution is 5.88. The summed E-state index contributed by atoms with van der Waals surface area (Å²) >= 11 is 0. The maximum Gasteiger partial charge on any atom is 0.414 e. The van der Waals surface area contributed by atoms with Gasteiger partial charge in [0.2, 0.25) is 0 Å². The fourth-order valence-corrected chi connectivity index (χ4v) is 4.90. The standard InChI is InChI=1S/C36H37NO5/c1-4-40-33-17-12-29(13-18-33)26-41-35(38)37(25-28-8-6-5-7-9-28)31-14-19-34-30(24-31)21-23-36(2,42-34)22-20-27-10-15-32(39-3)16-11-27/h5-19,21,23-24H,4,20,22,25-26H2,1-3H3. The Morgan fingerprint density at radius 1 is 0.857 bits per heavy atom. The van der Waals surface area contributed by atoms with E-state index in [1.54, 1.807) is 12.0 Å². The van der Waals surface area contributed by atoms with Gasteiger partial charge in [0.25, 0.3) is 0 Å². The van der Waals surface area contributed by atoms with Gasteiger partial charge in [0.05, 0.1) is 20.3 Å². The normalized spacial score (nSPS) is 15.3. The molecule has 0 aliphatic carbocycles. The number of carbonyl (C=O) groups excluding carboxylic acids is 1. The average Bonchev–Trinajstić information content (AvgIpc) is 3.03. The molecule has 1 atom stereocenters. The van der Waals surface area contributed by atoms with Crippen LogP contribution in [0.2, 0.25) is 0 Å². The highest BCUT2D eigenvalue weighted by Crippen LogP contribution is 2.36. The Labute approximate surface area is 248 Å². The molecule has 1 aliphatic rings. The number of rotatable bonds is 11. The predicted octanol–water partition coefficient (Wildman–Crippen LogP) is 8.23. The van der Waals surface area contributed by atoms with E-state index in [-0.39, 0.29) is 6.61 Å². The van der Waals surface area contributed by atoms with E-state index in [4.69, 9.17) is 18.9 Å². The largest absolute Gasteiger partial charge is 0.497 e. The summed E-state index contributed by atoms with van der Waals surface area (Å²) < 4.78 is 23.0. The fraction of sp³-hybridized carbons (Fsp3) is 0.250. The molecular weight excluding hydrogens is 526 g/mol. The van der Waals surface area contributed by atoms with Crippen molar-refractivity contribution in [2.24, 2.45) is 0 Å². The molecule has 0 aromatic heterocycles.